The van der Waals surface area contributed by atoms with E-state index in [1.807, 2.05) is 11.8 Å². The van der Waals surface area contributed by atoms with Crippen molar-refractivity contribution >= 4 is 11.8 Å². The average molecular weight is 453 g/mol. The molecule has 33 heavy (non-hydrogen) atoms. The van der Waals surface area contributed by atoms with Gasteiger partial charge in [-0.1, -0.05) is 110 Å². The lowest BCUT2D eigenvalue weighted by Gasteiger charge is -2.36. The number of ether oxygens (including phenoxy) is 1. The first-order valence-electron chi connectivity index (χ1n) is 11.7. The second kappa shape index (κ2) is 11.2. The number of hydrogen-bond donors (Lipinski definition) is 0. The van der Waals surface area contributed by atoms with E-state index >= 15 is 0 Å². The molecule has 0 aromatic heterocycles. The molecule has 0 radical (unpaired) electrons. The summed E-state index contributed by atoms with van der Waals surface area (Å²) < 4.78 is 5.17. The average Bonchev–Trinajstić information content (AvgIpc) is 2.91. The van der Waals surface area contributed by atoms with Crippen LogP contribution in [0, 0.1) is 0 Å². The fourth-order valence-corrected chi connectivity index (χ4v) is 6.22. The molecule has 0 spiro atoms. The third kappa shape index (κ3) is 5.17. The van der Waals surface area contributed by atoms with Crippen LogP contribution in [-0.4, -0.2) is 12.9 Å². The van der Waals surface area contributed by atoms with Crippen molar-refractivity contribution in [3.05, 3.63) is 138 Å². The summed E-state index contributed by atoms with van der Waals surface area (Å²) in [6.45, 7) is 2.30. The molecule has 0 aliphatic carbocycles. The molecule has 0 aliphatic heterocycles. The van der Waals surface area contributed by atoms with E-state index in [0.717, 1.165) is 24.3 Å². The van der Waals surface area contributed by atoms with E-state index in [9.17, 15) is 0 Å². The first kappa shape index (κ1) is 23.2. The molecule has 0 amide bonds. The molecule has 0 saturated carbocycles. The lowest BCUT2D eigenvalue weighted by molar-refractivity contribution is 0.414. The second-order valence-electron chi connectivity index (χ2n) is 8.29. The number of thioether (sulfide) groups is 1. The van der Waals surface area contributed by atoms with Gasteiger partial charge < -0.3 is 4.74 Å². The molecule has 0 heterocycles. The molecule has 0 saturated heterocycles. The third-order valence-corrected chi connectivity index (χ3v) is 7.99. The molecule has 4 rings (SSSR count). The Morgan fingerprint density at radius 3 is 1.64 bits per heavy atom. The van der Waals surface area contributed by atoms with Crippen molar-refractivity contribution in [3.63, 3.8) is 0 Å². The third-order valence-electron chi connectivity index (χ3n) is 6.41. The van der Waals surface area contributed by atoms with Crippen LogP contribution < -0.4 is 4.74 Å². The van der Waals surface area contributed by atoms with Crippen LogP contribution in [0.4, 0.5) is 0 Å². The zero-order valence-corrected chi connectivity index (χ0v) is 20.3. The molecule has 0 N–H and O–H groups in total. The summed E-state index contributed by atoms with van der Waals surface area (Å²) in [5.74, 6) is 2.51. The van der Waals surface area contributed by atoms with E-state index in [1.54, 1.807) is 7.11 Å². The zero-order valence-electron chi connectivity index (χ0n) is 19.5. The summed E-state index contributed by atoms with van der Waals surface area (Å²) in [6.07, 6.45) is 2.29. The van der Waals surface area contributed by atoms with Gasteiger partial charge in [-0.15, -0.1) is 11.8 Å². The molecular formula is C31H32OS. The summed E-state index contributed by atoms with van der Waals surface area (Å²) in [6, 6.07) is 41.4. The monoisotopic (exact) mass is 452 g/mol. The fraction of sp³-hybridized carbons (Fsp3) is 0.226. The molecule has 1 unspecified atom stereocenters. The van der Waals surface area contributed by atoms with Gasteiger partial charge in [0.1, 0.15) is 5.75 Å². The summed E-state index contributed by atoms with van der Waals surface area (Å²) in [4.78, 5) is 0. The van der Waals surface area contributed by atoms with Gasteiger partial charge in [-0.05, 0) is 58.9 Å². The van der Waals surface area contributed by atoms with E-state index in [0.29, 0.717) is 5.92 Å². The van der Waals surface area contributed by atoms with E-state index in [1.165, 1.54) is 22.3 Å². The van der Waals surface area contributed by atoms with Crippen LogP contribution >= 0.6 is 11.8 Å². The van der Waals surface area contributed by atoms with Crippen molar-refractivity contribution in [3.8, 4) is 5.75 Å². The van der Waals surface area contributed by atoms with Crippen molar-refractivity contribution in [2.75, 3.05) is 12.9 Å². The van der Waals surface area contributed by atoms with Gasteiger partial charge >= 0.3 is 0 Å². The Bertz CT molecular complexity index is 1050. The van der Waals surface area contributed by atoms with Gasteiger partial charge in [-0.3, -0.25) is 0 Å². The van der Waals surface area contributed by atoms with E-state index < -0.39 is 0 Å². The van der Waals surface area contributed by atoms with Crippen LogP contribution in [-0.2, 0) is 4.75 Å². The number of methoxy groups -OCH3 is 1. The van der Waals surface area contributed by atoms with Crippen LogP contribution in [0.1, 0.15) is 47.9 Å². The quantitative estimate of drug-likeness (QED) is 0.224. The highest BCUT2D eigenvalue weighted by molar-refractivity contribution is 8.00. The minimum atomic E-state index is -0.288. The highest BCUT2D eigenvalue weighted by atomic mass is 32.2. The summed E-state index contributed by atoms with van der Waals surface area (Å²) in [7, 11) is 1.72. The van der Waals surface area contributed by atoms with Crippen LogP contribution in [0.3, 0.4) is 0 Å². The molecule has 4 aromatic rings. The number of benzene rings is 4. The molecule has 4 aromatic carbocycles. The fourth-order valence-electron chi connectivity index (χ4n) is 4.61. The van der Waals surface area contributed by atoms with Gasteiger partial charge in [0.2, 0.25) is 0 Å². The first-order chi connectivity index (χ1) is 16.3. The van der Waals surface area contributed by atoms with Gasteiger partial charge in [0.05, 0.1) is 11.9 Å². The normalized spacial score (nSPS) is 12.3. The summed E-state index contributed by atoms with van der Waals surface area (Å²) >= 11 is 2.04. The minimum absolute atomic E-state index is 0.288. The van der Waals surface area contributed by atoms with E-state index in [2.05, 4.69) is 122 Å². The molecule has 0 aliphatic rings. The predicted octanol–water partition coefficient (Wildman–Crippen LogP) is 8.30. The van der Waals surface area contributed by atoms with Gasteiger partial charge in [-0.25, -0.2) is 0 Å². The second-order valence-corrected chi connectivity index (χ2v) is 9.60. The maximum atomic E-state index is 5.46. The van der Waals surface area contributed by atoms with Crippen LogP contribution in [0.2, 0.25) is 0 Å². The summed E-state index contributed by atoms with van der Waals surface area (Å²) in [5.41, 5.74) is 5.33. The van der Waals surface area contributed by atoms with Crippen molar-refractivity contribution in [1.29, 1.82) is 0 Å². The standard InChI is InChI=1S/C31H32OS/c1-3-25(26-13-7-4-8-14-26)23-24-33-31(27-15-9-5-10-16-27,28-17-11-6-12-18-28)29-19-21-30(32-2)22-20-29/h4-22,25H,3,23-24H2,1-2H3. The molecule has 2 heteroatoms. The lowest BCUT2D eigenvalue weighted by atomic mass is 9.84. The van der Waals surface area contributed by atoms with Crippen LogP contribution in [0.15, 0.2) is 115 Å². The Morgan fingerprint density at radius 2 is 1.15 bits per heavy atom. The number of rotatable bonds is 10. The Hall–Kier alpha value is -2.97. The van der Waals surface area contributed by atoms with Crippen LogP contribution in [0.5, 0.6) is 5.75 Å². The zero-order chi connectivity index (χ0) is 22.9. The lowest BCUT2D eigenvalue weighted by Crippen LogP contribution is -2.26. The Kier molecular flexibility index (Phi) is 7.91. The molecular weight excluding hydrogens is 420 g/mol. The molecule has 1 atom stereocenters. The highest BCUT2D eigenvalue weighted by Gasteiger charge is 2.37. The minimum Gasteiger partial charge on any atom is -0.497 e. The SMILES string of the molecule is CCC(CCSC(c1ccccc1)(c1ccccc1)c1ccc(OC)cc1)c1ccccc1. The smallest absolute Gasteiger partial charge is 0.118 e. The van der Waals surface area contributed by atoms with E-state index in [-0.39, 0.29) is 4.75 Å². The van der Waals surface area contributed by atoms with Crippen molar-refractivity contribution in [1.82, 2.24) is 0 Å². The number of hydrogen-bond acceptors (Lipinski definition) is 2. The van der Waals surface area contributed by atoms with Crippen molar-refractivity contribution < 1.29 is 4.74 Å². The molecule has 0 bridgehead atoms. The van der Waals surface area contributed by atoms with Crippen molar-refractivity contribution in [2.45, 2.75) is 30.4 Å². The molecule has 0 fully saturated rings. The largest absolute Gasteiger partial charge is 0.497 e. The Labute approximate surface area is 202 Å². The molecule has 1 nitrogen and oxygen atoms in total. The Balaban J connectivity index is 1.74. The summed E-state index contributed by atoms with van der Waals surface area (Å²) in [5, 5.41) is 0. The van der Waals surface area contributed by atoms with Crippen LogP contribution in [0.25, 0.3) is 0 Å². The predicted molar refractivity (Wildman–Crippen MR) is 142 cm³/mol. The van der Waals surface area contributed by atoms with Gasteiger partial charge in [0.25, 0.3) is 0 Å². The van der Waals surface area contributed by atoms with Gasteiger partial charge in [0, 0.05) is 0 Å². The first-order valence-corrected chi connectivity index (χ1v) is 12.7. The maximum Gasteiger partial charge on any atom is 0.118 e. The van der Waals surface area contributed by atoms with Crippen molar-refractivity contribution in [2.24, 2.45) is 0 Å². The topological polar surface area (TPSA) is 9.23 Å². The van der Waals surface area contributed by atoms with Gasteiger partial charge in [0.15, 0.2) is 0 Å². The Morgan fingerprint density at radius 1 is 0.667 bits per heavy atom. The van der Waals surface area contributed by atoms with Gasteiger partial charge in [-0.2, -0.15) is 0 Å². The molecule has 168 valence electrons. The highest BCUT2D eigenvalue weighted by Crippen LogP contribution is 2.49. The van der Waals surface area contributed by atoms with E-state index in [4.69, 9.17) is 4.74 Å². The maximum absolute atomic E-state index is 5.46.